The second kappa shape index (κ2) is 14.2. The van der Waals surface area contributed by atoms with Crippen LogP contribution in [0.4, 0.5) is 26.3 Å². The average molecular weight is 671 g/mol. The number of aryl methyl sites for hydroxylation is 2. The fraction of sp³-hybridized carbons (Fsp3) is 0.545. The van der Waals surface area contributed by atoms with Crippen LogP contribution in [0.3, 0.4) is 0 Å². The van der Waals surface area contributed by atoms with E-state index in [1.54, 1.807) is 11.1 Å². The van der Waals surface area contributed by atoms with Gasteiger partial charge in [0.1, 0.15) is 0 Å². The van der Waals surface area contributed by atoms with Gasteiger partial charge in [-0.1, -0.05) is 13.8 Å². The van der Waals surface area contributed by atoms with Crippen LogP contribution in [0.1, 0.15) is 73.5 Å². The van der Waals surface area contributed by atoms with Crippen molar-refractivity contribution in [2.45, 2.75) is 96.7 Å². The smallest absolute Gasteiger partial charge is 0.475 e. The number of rotatable bonds is 4. The molecular weight excluding hydrogens is 630 g/mol. The van der Waals surface area contributed by atoms with Crippen LogP contribution in [0.25, 0.3) is 22.2 Å². The molecule has 3 aliphatic rings. The largest absolute Gasteiger partial charge is 0.490 e. The zero-order chi connectivity index (χ0) is 34.8. The monoisotopic (exact) mass is 670 g/mol. The number of likely N-dealkylation sites (tertiary alicyclic amines) is 1. The van der Waals surface area contributed by atoms with Crippen molar-refractivity contribution in [2.24, 2.45) is 0 Å². The number of piperidine rings is 1. The zero-order valence-corrected chi connectivity index (χ0v) is 26.7. The lowest BCUT2D eigenvalue weighted by Gasteiger charge is -2.41. The lowest BCUT2D eigenvalue weighted by atomic mass is 9.91. The highest BCUT2D eigenvalue weighted by Crippen LogP contribution is 2.39. The van der Waals surface area contributed by atoms with Gasteiger partial charge in [-0.15, -0.1) is 0 Å². The Balaban J connectivity index is 0.000000301. The summed E-state index contributed by atoms with van der Waals surface area (Å²) >= 11 is 0. The number of benzene rings is 1. The second-order valence-electron chi connectivity index (χ2n) is 12.7. The van der Waals surface area contributed by atoms with Gasteiger partial charge in [-0.05, 0) is 106 Å². The van der Waals surface area contributed by atoms with E-state index in [4.69, 9.17) is 19.8 Å². The molecule has 0 radical (unpaired) electrons. The summed E-state index contributed by atoms with van der Waals surface area (Å²) < 4.78 is 63.5. The summed E-state index contributed by atoms with van der Waals surface area (Å²) in [6.45, 7) is 13.8. The minimum absolute atomic E-state index is 0.465. The lowest BCUT2D eigenvalue weighted by molar-refractivity contribution is -0.193. The number of aliphatic carboxylic acids is 2. The van der Waals surface area contributed by atoms with Gasteiger partial charge in [-0.25, -0.2) is 9.59 Å². The number of fused-ring (bicyclic) bond motifs is 2. The molecule has 1 aromatic carbocycles. The maximum Gasteiger partial charge on any atom is 0.490 e. The highest BCUT2D eigenvalue weighted by molar-refractivity contribution is 5.92. The van der Waals surface area contributed by atoms with Crippen LogP contribution in [0.15, 0.2) is 24.3 Å². The maximum atomic E-state index is 10.6. The molecule has 1 saturated carbocycles. The van der Waals surface area contributed by atoms with Gasteiger partial charge in [0.2, 0.25) is 0 Å². The van der Waals surface area contributed by atoms with Gasteiger partial charge < -0.3 is 20.1 Å². The predicted octanol–water partition coefficient (Wildman–Crippen LogP) is 7.22. The molecular formula is C33H40F6N4O4. The molecule has 1 saturated heterocycles. The van der Waals surface area contributed by atoms with Gasteiger partial charge in [0.15, 0.2) is 0 Å². The Labute approximate surface area is 268 Å². The minimum atomic E-state index is -5.08. The minimum Gasteiger partial charge on any atom is -0.475 e. The molecule has 258 valence electrons. The van der Waals surface area contributed by atoms with E-state index in [0.29, 0.717) is 5.92 Å². The molecule has 2 aromatic heterocycles. The Hall–Kier alpha value is -3.65. The van der Waals surface area contributed by atoms with E-state index in [0.717, 1.165) is 30.0 Å². The van der Waals surface area contributed by atoms with E-state index in [2.05, 4.69) is 71.7 Å². The number of hydrogen-bond acceptors (Lipinski definition) is 5. The normalized spacial score (nSPS) is 17.9. The standard InChI is InChI=1S/C29H38N4.2C2HF3O2/c1-18(2)28-26-15-23-17-33(25-8-11-32(12-9-25)24-5-6-24)10-7-21(23)16-27(26)31-29(28)22-13-19(3)30-20(4)14-22;2*3-2(4,5)1(6)7/h13-16,18,24-25,31H,5-12,17H2,1-4H3;2*(H,6,7). The van der Waals surface area contributed by atoms with Gasteiger partial charge in [-0.2, -0.15) is 26.3 Å². The third-order valence-electron chi connectivity index (χ3n) is 8.71. The van der Waals surface area contributed by atoms with Crippen molar-refractivity contribution in [1.29, 1.82) is 0 Å². The summed E-state index contributed by atoms with van der Waals surface area (Å²) in [5.74, 6) is -5.05. The van der Waals surface area contributed by atoms with E-state index in [9.17, 15) is 26.3 Å². The summed E-state index contributed by atoms with van der Waals surface area (Å²) in [6, 6.07) is 11.1. The van der Waals surface area contributed by atoms with Crippen molar-refractivity contribution in [3.8, 4) is 11.3 Å². The highest BCUT2D eigenvalue weighted by atomic mass is 19.4. The molecule has 6 rings (SSSR count). The van der Waals surface area contributed by atoms with Gasteiger partial charge in [0.05, 0.1) is 5.69 Å². The Bertz CT molecular complexity index is 1540. The fourth-order valence-electron chi connectivity index (χ4n) is 6.47. The van der Waals surface area contributed by atoms with Gasteiger partial charge in [-0.3, -0.25) is 9.88 Å². The Morgan fingerprint density at radius 3 is 1.79 bits per heavy atom. The van der Waals surface area contributed by atoms with E-state index >= 15 is 0 Å². The van der Waals surface area contributed by atoms with Crippen LogP contribution in [0, 0.1) is 13.8 Å². The van der Waals surface area contributed by atoms with Crippen LogP contribution < -0.4 is 0 Å². The van der Waals surface area contributed by atoms with Crippen molar-refractivity contribution in [3.63, 3.8) is 0 Å². The third-order valence-corrected chi connectivity index (χ3v) is 8.71. The first kappa shape index (κ1) is 36.2. The molecule has 0 spiro atoms. The summed E-state index contributed by atoms with van der Waals surface area (Å²) in [5, 5.41) is 15.7. The molecule has 14 heteroatoms. The van der Waals surface area contributed by atoms with Crippen molar-refractivity contribution in [3.05, 3.63) is 52.3 Å². The third kappa shape index (κ3) is 9.25. The van der Waals surface area contributed by atoms with E-state index in [-0.39, 0.29) is 0 Å². The number of nitrogens with one attached hydrogen (secondary N) is 1. The quantitative estimate of drug-likeness (QED) is 0.252. The molecule has 8 nitrogen and oxygen atoms in total. The van der Waals surface area contributed by atoms with E-state index in [1.165, 1.54) is 79.5 Å². The molecule has 0 bridgehead atoms. The lowest BCUT2D eigenvalue weighted by Crippen LogP contribution is -2.47. The summed E-state index contributed by atoms with van der Waals surface area (Å²) in [4.78, 5) is 31.7. The molecule has 0 atom stereocenters. The van der Waals surface area contributed by atoms with Crippen molar-refractivity contribution < 1.29 is 46.1 Å². The first-order valence-electron chi connectivity index (χ1n) is 15.6. The van der Waals surface area contributed by atoms with Crippen LogP contribution in [-0.2, 0) is 22.6 Å². The number of nitrogens with zero attached hydrogens (tertiary/aromatic N) is 3. The number of hydrogen-bond donors (Lipinski definition) is 3. The number of carbonyl (C=O) groups is 2. The molecule has 0 amide bonds. The predicted molar refractivity (Wildman–Crippen MR) is 164 cm³/mol. The Morgan fingerprint density at radius 2 is 1.32 bits per heavy atom. The number of carboxylic acid groups (broad SMARTS) is 2. The summed E-state index contributed by atoms with van der Waals surface area (Å²) in [6.07, 6.45) is -3.42. The highest BCUT2D eigenvalue weighted by Gasteiger charge is 2.39. The van der Waals surface area contributed by atoms with E-state index in [1.807, 2.05) is 0 Å². The molecule has 2 aliphatic heterocycles. The molecule has 3 N–H and O–H groups in total. The van der Waals surface area contributed by atoms with Gasteiger partial charge in [0, 0.05) is 53.0 Å². The molecule has 4 heterocycles. The van der Waals surface area contributed by atoms with Crippen LogP contribution >= 0.6 is 0 Å². The number of alkyl halides is 6. The van der Waals surface area contributed by atoms with Crippen LogP contribution in [0.2, 0.25) is 0 Å². The molecule has 0 unspecified atom stereocenters. The van der Waals surface area contributed by atoms with Crippen molar-refractivity contribution in [1.82, 2.24) is 19.8 Å². The number of H-pyrrole nitrogens is 1. The second-order valence-corrected chi connectivity index (χ2v) is 12.7. The molecule has 1 aliphatic carbocycles. The average Bonchev–Trinajstić information content (AvgIpc) is 3.75. The summed E-state index contributed by atoms with van der Waals surface area (Å²) in [7, 11) is 0. The van der Waals surface area contributed by atoms with Crippen molar-refractivity contribution in [2.75, 3.05) is 19.6 Å². The zero-order valence-electron chi connectivity index (χ0n) is 26.7. The van der Waals surface area contributed by atoms with Crippen LogP contribution in [0.5, 0.6) is 0 Å². The SMILES string of the molecule is Cc1cc(-c2[nH]c3cc4c(cc3c2C(C)C)CN(C2CCN(C3CC3)CC2)CC4)cc(C)n1.O=C(O)C(F)(F)F.O=C(O)C(F)(F)F. The van der Waals surface area contributed by atoms with Crippen LogP contribution in [-0.4, -0.2) is 86.0 Å². The number of aromatic nitrogens is 2. The van der Waals surface area contributed by atoms with Crippen molar-refractivity contribution >= 4 is 22.8 Å². The Morgan fingerprint density at radius 1 is 0.809 bits per heavy atom. The number of carboxylic acids is 2. The number of pyridine rings is 1. The van der Waals surface area contributed by atoms with Gasteiger partial charge >= 0.3 is 24.3 Å². The van der Waals surface area contributed by atoms with Gasteiger partial charge in [0.25, 0.3) is 0 Å². The topological polar surface area (TPSA) is 110 Å². The molecule has 47 heavy (non-hydrogen) atoms. The first-order chi connectivity index (χ1) is 21.8. The molecule has 2 fully saturated rings. The first-order valence-corrected chi connectivity index (χ1v) is 15.6. The maximum absolute atomic E-state index is 10.6. The summed E-state index contributed by atoms with van der Waals surface area (Å²) in [5.41, 5.74) is 10.6. The van der Waals surface area contributed by atoms with E-state index < -0.39 is 24.3 Å². The molecule has 3 aromatic rings. The number of halogens is 6. The number of aromatic amines is 1. The fourth-order valence-corrected chi connectivity index (χ4v) is 6.47. The Kier molecular flexibility index (Phi) is 11.0.